The van der Waals surface area contributed by atoms with Crippen LogP contribution in [0.25, 0.3) is 0 Å². The highest BCUT2D eigenvalue weighted by molar-refractivity contribution is 5.90. The lowest BCUT2D eigenvalue weighted by Gasteiger charge is -2.20. The summed E-state index contributed by atoms with van der Waals surface area (Å²) in [5, 5.41) is 0. The fraction of sp³-hybridized carbons (Fsp3) is 0.417. The number of methoxy groups -OCH3 is 1. The summed E-state index contributed by atoms with van der Waals surface area (Å²) in [7, 11) is 1.61. The first-order chi connectivity index (χ1) is 7.76. The van der Waals surface area contributed by atoms with Gasteiger partial charge in [0.25, 0.3) is 0 Å². The van der Waals surface area contributed by atoms with Crippen LogP contribution >= 0.6 is 0 Å². The highest BCUT2D eigenvalue weighted by Gasteiger charge is 2.32. The van der Waals surface area contributed by atoms with Crippen LogP contribution in [-0.4, -0.2) is 25.9 Å². The molecule has 1 aliphatic heterocycles. The molecule has 2 rings (SSSR count). The van der Waals surface area contributed by atoms with Gasteiger partial charge in [0.15, 0.2) is 0 Å². The van der Waals surface area contributed by atoms with E-state index >= 15 is 0 Å². The summed E-state index contributed by atoms with van der Waals surface area (Å²) in [4.78, 5) is 13.3. The molecule has 0 unspecified atom stereocenters. The van der Waals surface area contributed by atoms with E-state index < -0.39 is 0 Å². The van der Waals surface area contributed by atoms with Gasteiger partial charge in [-0.25, -0.2) is 4.79 Å². The average molecular weight is 221 g/mol. The Kier molecular flexibility index (Phi) is 2.99. The van der Waals surface area contributed by atoms with E-state index in [1.807, 2.05) is 31.2 Å². The maximum Gasteiger partial charge on any atom is 0.414 e. The molecule has 0 aromatic heterocycles. The van der Waals surface area contributed by atoms with Crippen molar-refractivity contribution in [3.05, 3.63) is 24.3 Å². The van der Waals surface area contributed by atoms with Crippen molar-refractivity contribution in [2.45, 2.75) is 19.4 Å². The molecule has 0 N–H and O–H groups in total. The zero-order valence-electron chi connectivity index (χ0n) is 9.47. The molecule has 1 saturated heterocycles. The first-order valence-corrected chi connectivity index (χ1v) is 5.36. The van der Waals surface area contributed by atoms with E-state index in [2.05, 4.69) is 0 Å². The van der Waals surface area contributed by atoms with Crippen molar-refractivity contribution in [3.63, 3.8) is 0 Å². The van der Waals surface area contributed by atoms with Gasteiger partial charge in [0.05, 0.1) is 18.8 Å². The Labute approximate surface area is 94.8 Å². The molecule has 4 nitrogen and oxygen atoms in total. The van der Waals surface area contributed by atoms with Crippen LogP contribution in [0.15, 0.2) is 24.3 Å². The molecule has 0 aliphatic carbocycles. The van der Waals surface area contributed by atoms with E-state index in [-0.39, 0.29) is 12.1 Å². The summed E-state index contributed by atoms with van der Waals surface area (Å²) < 4.78 is 10.2. The number of ether oxygens (including phenoxy) is 2. The standard InChI is InChI=1S/C12H15NO3/c1-3-9-8-16-12(14)13(9)10-5-4-6-11(7-10)15-2/h4-7,9H,3,8H2,1-2H3/t9-/m1/s1. The summed E-state index contributed by atoms with van der Waals surface area (Å²) in [5.74, 6) is 0.743. The van der Waals surface area contributed by atoms with Crippen molar-refractivity contribution < 1.29 is 14.3 Å². The third-order valence-corrected chi connectivity index (χ3v) is 2.76. The second kappa shape index (κ2) is 4.43. The molecule has 1 fully saturated rings. The van der Waals surface area contributed by atoms with Gasteiger partial charge in [0.1, 0.15) is 12.4 Å². The second-order valence-electron chi connectivity index (χ2n) is 3.71. The molecule has 1 aliphatic rings. The summed E-state index contributed by atoms with van der Waals surface area (Å²) in [6, 6.07) is 7.57. The number of cyclic esters (lactones) is 1. The van der Waals surface area contributed by atoms with Crippen LogP contribution in [0.1, 0.15) is 13.3 Å². The second-order valence-corrected chi connectivity index (χ2v) is 3.71. The molecular formula is C12H15NO3. The van der Waals surface area contributed by atoms with Crippen molar-refractivity contribution in [2.24, 2.45) is 0 Å². The quantitative estimate of drug-likeness (QED) is 0.786. The minimum atomic E-state index is -0.278. The predicted molar refractivity (Wildman–Crippen MR) is 60.9 cm³/mol. The number of hydrogen-bond acceptors (Lipinski definition) is 3. The number of hydrogen-bond donors (Lipinski definition) is 0. The van der Waals surface area contributed by atoms with Crippen LogP contribution in [0.5, 0.6) is 5.75 Å². The average Bonchev–Trinajstić information content (AvgIpc) is 2.70. The molecule has 0 radical (unpaired) electrons. The van der Waals surface area contributed by atoms with Gasteiger partial charge in [-0.05, 0) is 18.6 Å². The molecule has 4 heteroatoms. The van der Waals surface area contributed by atoms with Gasteiger partial charge in [0, 0.05) is 6.07 Å². The van der Waals surface area contributed by atoms with Crippen molar-refractivity contribution in [2.75, 3.05) is 18.6 Å². The summed E-state index contributed by atoms with van der Waals surface area (Å²) >= 11 is 0. The lowest BCUT2D eigenvalue weighted by atomic mass is 10.2. The maximum absolute atomic E-state index is 11.6. The van der Waals surface area contributed by atoms with Crippen LogP contribution in [0.3, 0.4) is 0 Å². The van der Waals surface area contributed by atoms with Crippen molar-refractivity contribution in [1.82, 2.24) is 0 Å². The highest BCUT2D eigenvalue weighted by Crippen LogP contribution is 2.27. The number of anilines is 1. The minimum Gasteiger partial charge on any atom is -0.497 e. The number of carbonyl (C=O) groups is 1. The minimum absolute atomic E-state index is 0.125. The normalized spacial score (nSPS) is 19.8. The molecular weight excluding hydrogens is 206 g/mol. The third kappa shape index (κ3) is 1.83. The molecule has 1 atom stereocenters. The number of benzene rings is 1. The fourth-order valence-corrected chi connectivity index (χ4v) is 1.84. The number of nitrogens with zero attached hydrogens (tertiary/aromatic N) is 1. The topological polar surface area (TPSA) is 38.8 Å². The maximum atomic E-state index is 11.6. The van der Waals surface area contributed by atoms with E-state index in [1.165, 1.54) is 0 Å². The molecule has 1 heterocycles. The Hall–Kier alpha value is -1.71. The van der Waals surface area contributed by atoms with Gasteiger partial charge >= 0.3 is 6.09 Å². The van der Waals surface area contributed by atoms with Crippen LogP contribution < -0.4 is 9.64 Å². The summed E-state index contributed by atoms with van der Waals surface area (Å²) in [6.45, 7) is 2.51. The van der Waals surface area contributed by atoms with Crippen molar-refractivity contribution in [3.8, 4) is 5.75 Å². The monoisotopic (exact) mass is 221 g/mol. The largest absolute Gasteiger partial charge is 0.497 e. The smallest absolute Gasteiger partial charge is 0.414 e. The number of amides is 1. The Balaban J connectivity index is 2.30. The zero-order valence-corrected chi connectivity index (χ0v) is 9.47. The van der Waals surface area contributed by atoms with Gasteiger partial charge in [-0.15, -0.1) is 0 Å². The molecule has 1 aromatic rings. The Morgan fingerprint density at radius 3 is 3.06 bits per heavy atom. The van der Waals surface area contributed by atoms with Crippen molar-refractivity contribution in [1.29, 1.82) is 0 Å². The Morgan fingerprint density at radius 1 is 1.56 bits per heavy atom. The van der Waals surface area contributed by atoms with E-state index in [0.717, 1.165) is 17.9 Å². The molecule has 16 heavy (non-hydrogen) atoms. The van der Waals surface area contributed by atoms with E-state index in [0.29, 0.717) is 6.61 Å². The van der Waals surface area contributed by atoms with Crippen LogP contribution in [0.4, 0.5) is 10.5 Å². The van der Waals surface area contributed by atoms with Gasteiger partial charge in [0.2, 0.25) is 0 Å². The van der Waals surface area contributed by atoms with E-state index in [4.69, 9.17) is 9.47 Å². The summed E-state index contributed by atoms with van der Waals surface area (Å²) in [5.41, 5.74) is 0.828. The SMILES string of the molecule is CC[C@@H]1COC(=O)N1c1cccc(OC)c1. The van der Waals surface area contributed by atoms with Gasteiger partial charge in [-0.1, -0.05) is 13.0 Å². The van der Waals surface area contributed by atoms with Crippen molar-refractivity contribution >= 4 is 11.8 Å². The molecule has 1 aromatic carbocycles. The van der Waals surface area contributed by atoms with Crippen LogP contribution in [0, 0.1) is 0 Å². The predicted octanol–water partition coefficient (Wildman–Crippen LogP) is 2.43. The zero-order chi connectivity index (χ0) is 11.5. The third-order valence-electron chi connectivity index (χ3n) is 2.76. The van der Waals surface area contributed by atoms with E-state index in [1.54, 1.807) is 12.0 Å². The number of carbonyl (C=O) groups excluding carboxylic acids is 1. The lowest BCUT2D eigenvalue weighted by molar-refractivity contribution is 0.178. The summed E-state index contributed by atoms with van der Waals surface area (Å²) in [6.07, 6.45) is 0.600. The van der Waals surface area contributed by atoms with Gasteiger partial charge in [-0.2, -0.15) is 0 Å². The van der Waals surface area contributed by atoms with Crippen LogP contribution in [-0.2, 0) is 4.74 Å². The van der Waals surface area contributed by atoms with E-state index in [9.17, 15) is 4.79 Å². The first-order valence-electron chi connectivity index (χ1n) is 5.36. The molecule has 1 amide bonds. The Morgan fingerprint density at radius 2 is 2.38 bits per heavy atom. The molecule has 0 saturated carbocycles. The van der Waals surface area contributed by atoms with Gasteiger partial charge in [-0.3, -0.25) is 4.90 Å². The van der Waals surface area contributed by atoms with Gasteiger partial charge < -0.3 is 9.47 Å². The first kappa shape index (κ1) is 10.8. The number of rotatable bonds is 3. The Bertz CT molecular complexity index is 392. The highest BCUT2D eigenvalue weighted by atomic mass is 16.6. The van der Waals surface area contributed by atoms with Crippen LogP contribution in [0.2, 0.25) is 0 Å². The fourth-order valence-electron chi connectivity index (χ4n) is 1.84. The molecule has 0 spiro atoms. The molecule has 86 valence electrons. The molecule has 0 bridgehead atoms. The lowest BCUT2D eigenvalue weighted by Crippen LogP contribution is -2.32.